The molecule has 0 heterocycles. The summed E-state index contributed by atoms with van der Waals surface area (Å²) in [5.41, 5.74) is 0. The number of rotatable bonds is 7. The van der Waals surface area contributed by atoms with Crippen LogP contribution in [-0.4, -0.2) is 38.1 Å². The minimum Gasteiger partial charge on any atom is -0.469 e. The predicted octanol–water partition coefficient (Wildman–Crippen LogP) is 1.42. The molecule has 1 rings (SSSR count). The van der Waals surface area contributed by atoms with Gasteiger partial charge in [0.25, 0.3) is 0 Å². The van der Waals surface area contributed by atoms with Crippen LogP contribution in [0.25, 0.3) is 0 Å². The van der Waals surface area contributed by atoms with Crippen LogP contribution in [0.5, 0.6) is 0 Å². The number of methoxy groups -OCH3 is 2. The number of nitrogens with one attached hydrogen (secondary N) is 1. The third kappa shape index (κ3) is 5.73. The summed E-state index contributed by atoms with van der Waals surface area (Å²) in [4.78, 5) is 35.2. The van der Waals surface area contributed by atoms with Crippen LogP contribution in [0.2, 0.25) is 0 Å². The summed E-state index contributed by atoms with van der Waals surface area (Å²) in [6.45, 7) is 1.72. The first-order chi connectivity index (χ1) is 9.97. The summed E-state index contributed by atoms with van der Waals surface area (Å²) in [6.07, 6.45) is 4.94. The lowest BCUT2D eigenvalue weighted by Crippen LogP contribution is -2.46. The summed E-state index contributed by atoms with van der Waals surface area (Å²) in [6, 6.07) is -0.817. The molecule has 0 saturated heterocycles. The monoisotopic (exact) mass is 299 g/mol. The van der Waals surface area contributed by atoms with Crippen LogP contribution in [0.4, 0.5) is 0 Å². The molecule has 1 N–H and O–H groups in total. The molecule has 0 unspecified atom stereocenters. The number of carbonyl (C=O) groups excluding carboxylic acids is 3. The van der Waals surface area contributed by atoms with Crippen molar-refractivity contribution in [3.8, 4) is 0 Å². The van der Waals surface area contributed by atoms with Gasteiger partial charge in [0.2, 0.25) is 5.91 Å². The highest BCUT2D eigenvalue weighted by Crippen LogP contribution is 2.27. The highest BCUT2D eigenvalue weighted by Gasteiger charge is 2.30. The maximum atomic E-state index is 12.1. The number of hydrogen-bond acceptors (Lipinski definition) is 5. The summed E-state index contributed by atoms with van der Waals surface area (Å²) >= 11 is 0. The highest BCUT2D eigenvalue weighted by molar-refractivity contribution is 5.85. The van der Waals surface area contributed by atoms with Crippen LogP contribution < -0.4 is 5.32 Å². The third-order valence-corrected chi connectivity index (χ3v) is 4.01. The average molecular weight is 299 g/mol. The number of carbonyl (C=O) groups is 3. The Morgan fingerprint density at radius 1 is 1.14 bits per heavy atom. The van der Waals surface area contributed by atoms with E-state index in [0.29, 0.717) is 12.3 Å². The smallest absolute Gasteiger partial charge is 0.328 e. The first-order valence-electron chi connectivity index (χ1n) is 7.42. The minimum atomic E-state index is -0.817. The van der Waals surface area contributed by atoms with Crippen molar-refractivity contribution in [3.63, 3.8) is 0 Å². The van der Waals surface area contributed by atoms with Crippen molar-refractivity contribution in [2.24, 2.45) is 11.8 Å². The summed E-state index contributed by atoms with van der Waals surface area (Å²) in [5, 5.41) is 2.70. The molecule has 120 valence electrons. The second-order valence-electron chi connectivity index (χ2n) is 5.68. The van der Waals surface area contributed by atoms with Crippen LogP contribution >= 0.6 is 0 Å². The van der Waals surface area contributed by atoms with Gasteiger partial charge in [-0.1, -0.05) is 19.8 Å². The van der Waals surface area contributed by atoms with Crippen LogP contribution in [0.1, 0.15) is 45.4 Å². The molecule has 1 saturated carbocycles. The van der Waals surface area contributed by atoms with Crippen molar-refractivity contribution in [1.82, 2.24) is 5.32 Å². The summed E-state index contributed by atoms with van der Waals surface area (Å²) in [5.74, 6) is -1.08. The van der Waals surface area contributed by atoms with E-state index < -0.39 is 18.0 Å². The third-order valence-electron chi connectivity index (χ3n) is 4.01. The first kappa shape index (κ1) is 17.5. The fourth-order valence-electron chi connectivity index (χ4n) is 2.73. The molecule has 1 fully saturated rings. The zero-order valence-corrected chi connectivity index (χ0v) is 13.0. The molecule has 0 aromatic heterocycles. The standard InChI is InChI=1S/C15H25NO5/c1-10(8-13(18)20-2)14(15(19)21-3)16-12(17)9-11-6-4-5-7-11/h10-11,14H,4-9H2,1-3H3,(H,16,17)/t10-,14-/m0/s1. The van der Waals surface area contributed by atoms with Crippen molar-refractivity contribution in [2.45, 2.75) is 51.5 Å². The molecular weight excluding hydrogens is 274 g/mol. The topological polar surface area (TPSA) is 81.7 Å². The quantitative estimate of drug-likeness (QED) is 0.719. The molecule has 6 nitrogen and oxygen atoms in total. The molecule has 0 radical (unpaired) electrons. The Hall–Kier alpha value is -1.59. The summed E-state index contributed by atoms with van der Waals surface area (Å²) < 4.78 is 9.31. The number of hydrogen-bond donors (Lipinski definition) is 1. The molecule has 0 aromatic rings. The predicted molar refractivity (Wildman–Crippen MR) is 76.3 cm³/mol. The zero-order chi connectivity index (χ0) is 15.8. The van der Waals surface area contributed by atoms with Gasteiger partial charge < -0.3 is 14.8 Å². The van der Waals surface area contributed by atoms with E-state index in [1.165, 1.54) is 14.2 Å². The SMILES string of the molecule is COC(=O)C[C@H](C)[C@H](NC(=O)CC1CCCC1)C(=O)OC. The Morgan fingerprint density at radius 2 is 1.76 bits per heavy atom. The van der Waals surface area contributed by atoms with Gasteiger partial charge in [0, 0.05) is 6.42 Å². The Kier molecular flexibility index (Phi) is 7.19. The van der Waals surface area contributed by atoms with Crippen molar-refractivity contribution in [1.29, 1.82) is 0 Å². The normalized spacial score (nSPS) is 17.9. The Labute approximate surface area is 125 Å². The van der Waals surface area contributed by atoms with Gasteiger partial charge in [-0.25, -0.2) is 4.79 Å². The molecule has 21 heavy (non-hydrogen) atoms. The molecule has 0 bridgehead atoms. The van der Waals surface area contributed by atoms with Gasteiger partial charge in [-0.05, 0) is 24.7 Å². The molecular formula is C15H25NO5. The minimum absolute atomic E-state index is 0.0555. The number of ether oxygens (including phenoxy) is 2. The van der Waals surface area contributed by atoms with Crippen molar-refractivity contribution in [3.05, 3.63) is 0 Å². The zero-order valence-electron chi connectivity index (χ0n) is 13.0. The van der Waals surface area contributed by atoms with E-state index in [2.05, 4.69) is 10.1 Å². The van der Waals surface area contributed by atoms with Crippen LogP contribution in [0, 0.1) is 11.8 Å². The van der Waals surface area contributed by atoms with Crippen molar-refractivity contribution < 1.29 is 23.9 Å². The van der Waals surface area contributed by atoms with E-state index in [-0.39, 0.29) is 18.2 Å². The van der Waals surface area contributed by atoms with Gasteiger partial charge >= 0.3 is 11.9 Å². The van der Waals surface area contributed by atoms with E-state index in [9.17, 15) is 14.4 Å². The van der Waals surface area contributed by atoms with Gasteiger partial charge in [-0.2, -0.15) is 0 Å². The van der Waals surface area contributed by atoms with E-state index in [0.717, 1.165) is 25.7 Å². The van der Waals surface area contributed by atoms with E-state index in [4.69, 9.17) is 4.74 Å². The van der Waals surface area contributed by atoms with Crippen molar-refractivity contribution >= 4 is 17.8 Å². The van der Waals surface area contributed by atoms with E-state index in [1.54, 1.807) is 6.92 Å². The lowest BCUT2D eigenvalue weighted by molar-refractivity contribution is -0.148. The molecule has 1 amide bonds. The lowest BCUT2D eigenvalue weighted by Gasteiger charge is -2.22. The number of esters is 2. The van der Waals surface area contributed by atoms with Crippen LogP contribution in [-0.2, 0) is 23.9 Å². The largest absolute Gasteiger partial charge is 0.469 e. The van der Waals surface area contributed by atoms with Gasteiger partial charge in [0.1, 0.15) is 6.04 Å². The molecule has 6 heteroatoms. The van der Waals surface area contributed by atoms with Crippen molar-refractivity contribution in [2.75, 3.05) is 14.2 Å². The molecule has 2 atom stereocenters. The molecule has 0 aliphatic heterocycles. The lowest BCUT2D eigenvalue weighted by atomic mass is 9.97. The first-order valence-corrected chi connectivity index (χ1v) is 7.42. The van der Waals surface area contributed by atoms with E-state index in [1.807, 2.05) is 0 Å². The fraction of sp³-hybridized carbons (Fsp3) is 0.800. The van der Waals surface area contributed by atoms with Crippen LogP contribution in [0.3, 0.4) is 0 Å². The second kappa shape index (κ2) is 8.64. The van der Waals surface area contributed by atoms with Gasteiger partial charge in [-0.15, -0.1) is 0 Å². The average Bonchev–Trinajstić information content (AvgIpc) is 2.96. The maximum Gasteiger partial charge on any atom is 0.328 e. The molecule has 1 aliphatic rings. The summed E-state index contributed by atoms with van der Waals surface area (Å²) in [7, 11) is 2.56. The van der Waals surface area contributed by atoms with Gasteiger partial charge in [-0.3, -0.25) is 9.59 Å². The Balaban J connectivity index is 2.57. The highest BCUT2D eigenvalue weighted by atomic mass is 16.5. The van der Waals surface area contributed by atoms with E-state index >= 15 is 0 Å². The molecule has 0 spiro atoms. The van der Waals surface area contributed by atoms with Crippen LogP contribution in [0.15, 0.2) is 0 Å². The Bertz CT molecular complexity index is 376. The Morgan fingerprint density at radius 3 is 2.29 bits per heavy atom. The number of amides is 1. The van der Waals surface area contributed by atoms with Gasteiger partial charge in [0.15, 0.2) is 0 Å². The second-order valence-corrected chi connectivity index (χ2v) is 5.68. The molecule has 0 aromatic carbocycles. The fourth-order valence-corrected chi connectivity index (χ4v) is 2.73. The van der Waals surface area contributed by atoms with Gasteiger partial charge in [0.05, 0.1) is 20.6 Å². The maximum absolute atomic E-state index is 12.1. The molecule has 1 aliphatic carbocycles.